The molecule has 0 aliphatic rings. The number of nitrogens with one attached hydrogen (secondary N) is 1. The van der Waals surface area contributed by atoms with Gasteiger partial charge in [0, 0.05) is 6.42 Å². The second-order valence-electron chi connectivity index (χ2n) is 6.51. The van der Waals surface area contributed by atoms with Crippen molar-refractivity contribution in [2.45, 2.75) is 38.1 Å². The van der Waals surface area contributed by atoms with Crippen molar-refractivity contribution in [3.8, 4) is 0 Å². The van der Waals surface area contributed by atoms with Gasteiger partial charge in [0.05, 0.1) is 6.61 Å². The molecule has 0 aliphatic heterocycles. The number of ether oxygens (including phenoxy) is 1. The molecule has 30 heavy (non-hydrogen) atoms. The minimum Gasteiger partial charge on any atom is -0.480 e. The molecular formula is C21H23F3N2O4. The molecule has 0 saturated heterocycles. The summed E-state index contributed by atoms with van der Waals surface area (Å²) in [5.41, 5.74) is 3.02. The summed E-state index contributed by atoms with van der Waals surface area (Å²) >= 11 is 0. The van der Waals surface area contributed by atoms with Crippen LogP contribution in [0.1, 0.15) is 18.1 Å². The van der Waals surface area contributed by atoms with Gasteiger partial charge in [0.15, 0.2) is 0 Å². The molecule has 9 heteroatoms. The molecule has 2 atom stereocenters. The van der Waals surface area contributed by atoms with Crippen LogP contribution in [0.25, 0.3) is 0 Å². The number of nitrogens with zero attached hydrogens (tertiary/aromatic N) is 1. The van der Waals surface area contributed by atoms with Crippen LogP contribution in [0.2, 0.25) is 0 Å². The summed E-state index contributed by atoms with van der Waals surface area (Å²) in [5.74, 6) is -2.58. The highest BCUT2D eigenvalue weighted by atomic mass is 19.4. The Morgan fingerprint density at radius 2 is 1.50 bits per heavy atom. The van der Waals surface area contributed by atoms with Crippen LogP contribution in [0, 0.1) is 0 Å². The average Bonchev–Trinajstić information content (AvgIpc) is 2.70. The number of aliphatic carboxylic acids is 1. The van der Waals surface area contributed by atoms with Crippen molar-refractivity contribution in [1.29, 1.82) is 0 Å². The summed E-state index contributed by atoms with van der Waals surface area (Å²) < 4.78 is 46.5. The van der Waals surface area contributed by atoms with Crippen molar-refractivity contribution >= 4 is 11.9 Å². The summed E-state index contributed by atoms with van der Waals surface area (Å²) in [4.78, 5) is 24.1. The number of carboxylic acids is 1. The Morgan fingerprint density at radius 1 is 1.00 bits per heavy atom. The lowest BCUT2D eigenvalue weighted by molar-refractivity contribution is -0.281. The smallest absolute Gasteiger partial charge is 0.474 e. The molecule has 0 unspecified atom stereocenters. The lowest BCUT2D eigenvalue weighted by atomic mass is 10.0. The fraction of sp³-hybridized carbons (Fsp3) is 0.333. The third kappa shape index (κ3) is 6.85. The van der Waals surface area contributed by atoms with Gasteiger partial charge >= 0.3 is 18.2 Å². The standard InChI is InChI=1S/C21H23F3N2O4/c1-2-30-20(29)18(14-16-11-7-4-8-12-16)26(21(22,23)24)25-17(19(27)28)13-15-9-5-3-6-10-15/h3-12,17-18,25H,2,13-14H2,1H3,(H,27,28)/t17-,18-/m0/s1. The highest BCUT2D eigenvalue weighted by Gasteiger charge is 2.47. The molecule has 0 spiro atoms. The predicted octanol–water partition coefficient (Wildman–Crippen LogP) is 3.18. The van der Waals surface area contributed by atoms with Gasteiger partial charge in [-0.3, -0.25) is 9.59 Å². The maximum atomic E-state index is 13.9. The Morgan fingerprint density at radius 3 is 1.93 bits per heavy atom. The zero-order chi connectivity index (χ0) is 22.1. The number of rotatable bonds is 10. The molecule has 2 aromatic rings. The van der Waals surface area contributed by atoms with E-state index in [1.807, 2.05) is 5.43 Å². The van der Waals surface area contributed by atoms with Crippen LogP contribution in [0.3, 0.4) is 0 Å². The maximum absolute atomic E-state index is 13.9. The predicted molar refractivity (Wildman–Crippen MR) is 103 cm³/mol. The van der Waals surface area contributed by atoms with Gasteiger partial charge in [-0.25, -0.2) is 5.43 Å². The van der Waals surface area contributed by atoms with Gasteiger partial charge in [0.25, 0.3) is 0 Å². The molecule has 2 aromatic carbocycles. The highest BCUT2D eigenvalue weighted by Crippen LogP contribution is 2.25. The Bertz CT molecular complexity index is 816. The van der Waals surface area contributed by atoms with Gasteiger partial charge < -0.3 is 9.84 Å². The summed E-state index contributed by atoms with van der Waals surface area (Å²) in [6, 6.07) is 13.0. The summed E-state index contributed by atoms with van der Waals surface area (Å²) in [6.07, 6.45) is -5.55. The lowest BCUT2D eigenvalue weighted by Gasteiger charge is -2.34. The van der Waals surface area contributed by atoms with Crippen LogP contribution in [0.15, 0.2) is 60.7 Å². The third-order valence-corrected chi connectivity index (χ3v) is 4.29. The minimum absolute atomic E-state index is 0.109. The van der Waals surface area contributed by atoms with Crippen molar-refractivity contribution in [3.05, 3.63) is 71.8 Å². The Labute approximate surface area is 172 Å². The van der Waals surface area contributed by atoms with Crippen LogP contribution >= 0.6 is 0 Å². The number of esters is 1. The van der Waals surface area contributed by atoms with Crippen LogP contribution in [-0.4, -0.2) is 47.0 Å². The van der Waals surface area contributed by atoms with Crippen LogP contribution in [0.4, 0.5) is 13.2 Å². The van der Waals surface area contributed by atoms with Gasteiger partial charge in [-0.05, 0) is 24.5 Å². The fourth-order valence-electron chi connectivity index (χ4n) is 2.90. The van der Waals surface area contributed by atoms with E-state index in [0.29, 0.717) is 11.1 Å². The van der Waals surface area contributed by atoms with Crippen LogP contribution in [0.5, 0.6) is 0 Å². The third-order valence-electron chi connectivity index (χ3n) is 4.29. The zero-order valence-corrected chi connectivity index (χ0v) is 16.3. The molecule has 0 amide bonds. The van der Waals surface area contributed by atoms with Gasteiger partial charge in [-0.1, -0.05) is 60.7 Å². The monoisotopic (exact) mass is 424 g/mol. The number of hydrogen-bond acceptors (Lipinski definition) is 5. The normalized spacial score (nSPS) is 13.6. The molecule has 0 bridgehead atoms. The van der Waals surface area contributed by atoms with E-state index in [1.165, 1.54) is 6.92 Å². The largest absolute Gasteiger partial charge is 0.480 e. The lowest BCUT2D eigenvalue weighted by Crippen LogP contribution is -2.62. The molecule has 0 fully saturated rings. The van der Waals surface area contributed by atoms with Crippen molar-refractivity contribution in [2.75, 3.05) is 6.61 Å². The average molecular weight is 424 g/mol. The van der Waals surface area contributed by atoms with Gasteiger partial charge in [-0.15, -0.1) is 5.01 Å². The van der Waals surface area contributed by atoms with E-state index in [-0.39, 0.29) is 24.5 Å². The molecule has 2 N–H and O–H groups in total. The number of alkyl halides is 3. The molecule has 0 radical (unpaired) electrons. The van der Waals surface area contributed by atoms with Crippen molar-refractivity contribution < 1.29 is 32.6 Å². The quantitative estimate of drug-likeness (QED) is 0.347. The van der Waals surface area contributed by atoms with Crippen LogP contribution in [-0.2, 0) is 27.2 Å². The Hall–Kier alpha value is -2.91. The van der Waals surface area contributed by atoms with E-state index < -0.39 is 30.3 Å². The van der Waals surface area contributed by atoms with Crippen molar-refractivity contribution in [3.63, 3.8) is 0 Å². The Balaban J connectivity index is 2.34. The molecule has 0 saturated carbocycles. The first kappa shape index (κ1) is 23.4. The number of halogens is 3. The Kier molecular flexibility index (Phi) is 8.37. The number of hydrogen-bond donors (Lipinski definition) is 2. The van der Waals surface area contributed by atoms with E-state index in [9.17, 15) is 27.9 Å². The van der Waals surface area contributed by atoms with E-state index in [0.717, 1.165) is 0 Å². The van der Waals surface area contributed by atoms with Gasteiger partial charge in [0.1, 0.15) is 12.1 Å². The fourth-order valence-corrected chi connectivity index (χ4v) is 2.90. The summed E-state index contributed by atoms with van der Waals surface area (Å²) in [6.45, 7) is 1.38. The summed E-state index contributed by atoms with van der Waals surface area (Å²) in [7, 11) is 0. The van der Waals surface area contributed by atoms with Gasteiger partial charge in [-0.2, -0.15) is 13.2 Å². The van der Waals surface area contributed by atoms with Crippen LogP contribution < -0.4 is 5.43 Å². The molecule has 6 nitrogen and oxygen atoms in total. The second-order valence-corrected chi connectivity index (χ2v) is 6.51. The van der Waals surface area contributed by atoms with Gasteiger partial charge in [0.2, 0.25) is 0 Å². The molecule has 0 heterocycles. The summed E-state index contributed by atoms with van der Waals surface area (Å²) in [5, 5.41) is 9.23. The molecule has 2 rings (SSSR count). The number of carboxylic acid groups (broad SMARTS) is 1. The first-order chi connectivity index (χ1) is 14.2. The van der Waals surface area contributed by atoms with E-state index in [4.69, 9.17) is 4.74 Å². The van der Waals surface area contributed by atoms with Crippen molar-refractivity contribution in [1.82, 2.24) is 10.4 Å². The first-order valence-electron chi connectivity index (χ1n) is 9.32. The molecule has 162 valence electrons. The maximum Gasteiger partial charge on any atom is 0.474 e. The minimum atomic E-state index is -5.03. The number of carbonyl (C=O) groups is 2. The molecule has 0 aliphatic carbocycles. The van der Waals surface area contributed by atoms with E-state index in [1.54, 1.807) is 60.7 Å². The van der Waals surface area contributed by atoms with E-state index >= 15 is 0 Å². The topological polar surface area (TPSA) is 78.9 Å². The van der Waals surface area contributed by atoms with E-state index in [2.05, 4.69) is 0 Å². The molecular weight excluding hydrogens is 401 g/mol. The first-order valence-corrected chi connectivity index (χ1v) is 9.32. The van der Waals surface area contributed by atoms with Crippen molar-refractivity contribution in [2.24, 2.45) is 0 Å². The zero-order valence-electron chi connectivity index (χ0n) is 16.3. The molecule has 0 aromatic heterocycles. The number of hydrazine groups is 1. The second kappa shape index (κ2) is 10.7. The number of carbonyl (C=O) groups excluding carboxylic acids is 1. The number of benzene rings is 2. The SMILES string of the molecule is CCOC(=O)[C@H](Cc1ccccc1)N(N[C@@H](Cc1ccccc1)C(=O)O)C(F)(F)F. The highest BCUT2D eigenvalue weighted by molar-refractivity contribution is 5.77.